The zero-order valence-corrected chi connectivity index (χ0v) is 5.36. The van der Waals surface area contributed by atoms with Gasteiger partial charge in [0.25, 0.3) is 0 Å². The SMILES string of the molecule is CNC(=O)NC.CO.[2HH]. The van der Waals surface area contributed by atoms with Crippen LogP contribution < -0.4 is 10.6 Å². The van der Waals surface area contributed by atoms with E-state index in [-0.39, 0.29) is 7.46 Å². The van der Waals surface area contributed by atoms with Crippen LogP contribution in [0, 0.1) is 0 Å². The first-order valence-electron chi connectivity index (χ1n) is 2.15. The zero-order valence-electron chi connectivity index (χ0n) is 5.36. The van der Waals surface area contributed by atoms with E-state index >= 15 is 0 Å². The smallest absolute Gasteiger partial charge is 0.314 e. The summed E-state index contributed by atoms with van der Waals surface area (Å²) in [5.74, 6) is 0. The van der Waals surface area contributed by atoms with Gasteiger partial charge >= 0.3 is 6.03 Å². The Bertz CT molecular complexity index is 54.5. The maximum absolute atomic E-state index is 9.96. The van der Waals surface area contributed by atoms with Crippen LogP contribution in [-0.4, -0.2) is 32.3 Å². The maximum atomic E-state index is 9.96. The first-order valence-corrected chi connectivity index (χ1v) is 2.15. The van der Waals surface area contributed by atoms with Gasteiger partial charge in [-0.3, -0.25) is 0 Å². The fourth-order valence-electron chi connectivity index (χ4n) is 0.125. The molecule has 4 nitrogen and oxygen atoms in total. The van der Waals surface area contributed by atoms with E-state index < -0.39 is 0 Å². The van der Waals surface area contributed by atoms with Crippen LogP contribution in [0.25, 0.3) is 0 Å². The minimum Gasteiger partial charge on any atom is -0.400 e. The van der Waals surface area contributed by atoms with Gasteiger partial charge < -0.3 is 15.7 Å². The third-order valence-corrected chi connectivity index (χ3v) is 0.454. The molecule has 52 valence electrons. The van der Waals surface area contributed by atoms with Gasteiger partial charge in [0.15, 0.2) is 0 Å². The highest BCUT2D eigenvalue weighted by Crippen LogP contribution is 1.48. The highest BCUT2D eigenvalue weighted by atomic mass is 16.2. The molecule has 0 saturated heterocycles. The minimum absolute atomic E-state index is 0. The van der Waals surface area contributed by atoms with Gasteiger partial charge in [0.05, 0.1) is 0 Å². The van der Waals surface area contributed by atoms with Crippen molar-refractivity contribution < 1.29 is 11.3 Å². The van der Waals surface area contributed by atoms with Crippen molar-refractivity contribution in [3.63, 3.8) is 0 Å². The van der Waals surface area contributed by atoms with Gasteiger partial charge in [-0.2, -0.15) is 0 Å². The monoisotopic (exact) mass is 123 g/mol. The predicted octanol–water partition coefficient (Wildman–Crippen LogP) is -0.600. The normalized spacial score (nSPS) is 6.00. The molecule has 0 saturated carbocycles. The van der Waals surface area contributed by atoms with Crippen LogP contribution in [0.2, 0.25) is 0 Å². The van der Waals surface area contributed by atoms with Gasteiger partial charge in [0.2, 0.25) is 0 Å². The number of aliphatic hydroxyl groups excluding tert-OH is 1. The van der Waals surface area contributed by atoms with Crippen LogP contribution in [0.15, 0.2) is 0 Å². The molecule has 2 amide bonds. The number of hydrogen-bond donors (Lipinski definition) is 3. The third-order valence-electron chi connectivity index (χ3n) is 0.454. The number of urea groups is 1. The van der Waals surface area contributed by atoms with Crippen LogP contribution in [0.3, 0.4) is 0 Å². The second-order valence-corrected chi connectivity index (χ2v) is 0.829. The molecule has 0 unspecified atom stereocenters. The summed E-state index contributed by atoms with van der Waals surface area (Å²) in [7, 11) is 4.14. The summed E-state index contributed by atoms with van der Waals surface area (Å²) >= 11 is 0. The highest BCUT2D eigenvalue weighted by molar-refractivity contribution is 5.72. The summed E-state index contributed by atoms with van der Waals surface area (Å²) in [6, 6.07) is -0.157. The lowest BCUT2D eigenvalue weighted by molar-refractivity contribution is 0.245. The van der Waals surface area contributed by atoms with E-state index in [1.165, 1.54) is 0 Å². The molecule has 0 aliphatic rings. The average molecular weight is 123 g/mol. The molecule has 0 rings (SSSR count). The van der Waals surface area contributed by atoms with Crippen molar-refractivity contribution in [3.05, 3.63) is 0 Å². The molecular formula is C4H14N2O2. The fraction of sp³-hybridized carbons (Fsp3) is 0.750. The van der Waals surface area contributed by atoms with E-state index in [0.717, 1.165) is 7.11 Å². The molecule has 0 aromatic carbocycles. The van der Waals surface area contributed by atoms with Crippen molar-refractivity contribution in [2.75, 3.05) is 21.2 Å². The number of amides is 2. The Morgan fingerprint density at radius 1 is 1.38 bits per heavy atom. The van der Waals surface area contributed by atoms with E-state index in [1.807, 2.05) is 0 Å². The Morgan fingerprint density at radius 2 is 1.62 bits per heavy atom. The van der Waals surface area contributed by atoms with Crippen molar-refractivity contribution in [2.24, 2.45) is 0 Å². The summed E-state index contributed by atoms with van der Waals surface area (Å²) < 4.78 is 0. The van der Waals surface area contributed by atoms with E-state index in [9.17, 15) is 4.79 Å². The van der Waals surface area contributed by atoms with E-state index in [2.05, 4.69) is 10.6 Å². The lowest BCUT2D eigenvalue weighted by Gasteiger charge is -1.91. The van der Waals surface area contributed by atoms with Gasteiger partial charge in [-0.15, -0.1) is 0 Å². The minimum atomic E-state index is -0.157. The first kappa shape index (κ1) is 10.3. The second-order valence-electron chi connectivity index (χ2n) is 0.829. The van der Waals surface area contributed by atoms with Gasteiger partial charge in [-0.25, -0.2) is 4.79 Å². The Hall–Kier alpha value is -0.770. The largest absolute Gasteiger partial charge is 0.400 e. The molecule has 0 aromatic heterocycles. The van der Waals surface area contributed by atoms with Crippen molar-refractivity contribution in [1.29, 1.82) is 0 Å². The summed E-state index contributed by atoms with van der Waals surface area (Å²) in [4.78, 5) is 9.96. The number of nitrogens with one attached hydrogen (secondary N) is 2. The molecule has 0 bridgehead atoms. The molecule has 0 atom stereocenters. The molecular weight excluding hydrogens is 108 g/mol. The van der Waals surface area contributed by atoms with E-state index in [4.69, 9.17) is 5.11 Å². The molecule has 0 radical (unpaired) electrons. The Morgan fingerprint density at radius 3 is 1.62 bits per heavy atom. The predicted molar refractivity (Wildman–Crippen MR) is 33.8 cm³/mol. The average Bonchev–Trinajstić information content (AvgIpc) is 1.91. The summed E-state index contributed by atoms with van der Waals surface area (Å²) in [5, 5.41) is 11.7. The van der Waals surface area contributed by atoms with Gasteiger partial charge in [0.1, 0.15) is 0 Å². The molecule has 8 heavy (non-hydrogen) atoms. The van der Waals surface area contributed by atoms with E-state index in [0.29, 0.717) is 0 Å². The number of carbonyl (C=O) groups is 1. The maximum Gasteiger partial charge on any atom is 0.314 e. The molecule has 4 heteroatoms. The van der Waals surface area contributed by atoms with Crippen LogP contribution >= 0.6 is 0 Å². The van der Waals surface area contributed by atoms with Gasteiger partial charge in [-0.1, -0.05) is 0 Å². The molecule has 0 fully saturated rings. The molecule has 3 N–H and O–H groups in total. The van der Waals surface area contributed by atoms with E-state index in [1.54, 1.807) is 14.1 Å². The molecule has 0 aliphatic carbocycles. The fourth-order valence-corrected chi connectivity index (χ4v) is 0.125. The zero-order chi connectivity index (χ0) is 6.99. The molecule has 0 spiro atoms. The lowest BCUT2D eigenvalue weighted by Crippen LogP contribution is -2.28. The Labute approximate surface area is 50.4 Å². The third kappa shape index (κ3) is 8.97. The summed E-state index contributed by atoms with van der Waals surface area (Å²) in [6.45, 7) is 0. The van der Waals surface area contributed by atoms with Crippen LogP contribution in [-0.2, 0) is 0 Å². The van der Waals surface area contributed by atoms with Gasteiger partial charge in [-0.05, 0) is 0 Å². The lowest BCUT2D eigenvalue weighted by atomic mass is 11.0. The van der Waals surface area contributed by atoms with Crippen LogP contribution in [0.4, 0.5) is 4.79 Å². The number of hydrogen-bond acceptors (Lipinski definition) is 2. The second kappa shape index (κ2) is 9.52. The van der Waals surface area contributed by atoms with Crippen molar-refractivity contribution in [3.8, 4) is 0 Å². The van der Waals surface area contributed by atoms with Crippen molar-refractivity contribution in [1.82, 2.24) is 10.6 Å². The summed E-state index contributed by atoms with van der Waals surface area (Å²) in [6.07, 6.45) is 0. The standard InChI is InChI=1S/C3H8N2O.CH4O.H2/c1-4-3(6)5-2;1-2;/h1-2H3,(H2,4,5,6);2H,1H3;1H/i;;1+1. The number of rotatable bonds is 0. The Kier molecular flexibility index (Phi) is 12.2. The molecule has 0 aliphatic heterocycles. The summed E-state index contributed by atoms with van der Waals surface area (Å²) in [5.41, 5.74) is 0. The topological polar surface area (TPSA) is 61.4 Å². The Balaban J connectivity index is -0.000000109. The van der Waals surface area contributed by atoms with Crippen LogP contribution in [0.5, 0.6) is 0 Å². The quantitative estimate of drug-likeness (QED) is 0.403. The molecule has 0 heterocycles. The van der Waals surface area contributed by atoms with Crippen molar-refractivity contribution in [2.45, 2.75) is 0 Å². The van der Waals surface area contributed by atoms with Crippen LogP contribution in [0.1, 0.15) is 1.43 Å². The molecule has 0 aromatic rings. The highest BCUT2D eigenvalue weighted by Gasteiger charge is 1.81. The van der Waals surface area contributed by atoms with Crippen molar-refractivity contribution >= 4 is 6.03 Å². The number of carbonyl (C=O) groups excluding carboxylic acids is 1. The number of aliphatic hydroxyl groups is 1. The van der Waals surface area contributed by atoms with Gasteiger partial charge in [0, 0.05) is 22.6 Å². The first-order chi connectivity index (χ1) is 3.81.